The van der Waals surface area contributed by atoms with Gasteiger partial charge >= 0.3 is 5.97 Å². The van der Waals surface area contributed by atoms with E-state index in [1.807, 2.05) is 18.2 Å². The van der Waals surface area contributed by atoms with Gasteiger partial charge in [-0.25, -0.2) is 0 Å². The minimum atomic E-state index is -0.840. The normalized spacial score (nSPS) is 17.4. The van der Waals surface area contributed by atoms with E-state index in [1.54, 1.807) is 0 Å². The zero-order chi connectivity index (χ0) is 10.8. The molecule has 2 rings (SSSR count). The van der Waals surface area contributed by atoms with E-state index < -0.39 is 5.97 Å². The molecule has 1 aliphatic carbocycles. The lowest BCUT2D eigenvalue weighted by molar-refractivity contribution is -0.137. The van der Waals surface area contributed by atoms with Crippen molar-refractivity contribution in [3.63, 3.8) is 0 Å². The van der Waals surface area contributed by atoms with Gasteiger partial charge in [-0.3, -0.25) is 4.79 Å². The number of hydrogen-bond donors (Lipinski definition) is 2. The zero-order valence-electron chi connectivity index (χ0n) is 8.52. The molecule has 1 aromatic carbocycles. The summed E-state index contributed by atoms with van der Waals surface area (Å²) < 4.78 is 0. The van der Waals surface area contributed by atoms with Crippen LogP contribution in [0.3, 0.4) is 0 Å². The summed E-state index contributed by atoms with van der Waals surface area (Å²) in [4.78, 5) is 10.6. The smallest absolute Gasteiger partial charge is 0.305 e. The van der Waals surface area contributed by atoms with E-state index in [9.17, 15) is 4.79 Å². The van der Waals surface area contributed by atoms with Gasteiger partial charge in [0.1, 0.15) is 0 Å². The molecule has 3 N–H and O–H groups in total. The molecule has 0 unspecified atom stereocenters. The number of rotatable bonds is 4. The quantitative estimate of drug-likeness (QED) is 0.790. The van der Waals surface area contributed by atoms with Crippen molar-refractivity contribution in [3.8, 4) is 0 Å². The van der Waals surface area contributed by atoms with E-state index >= 15 is 0 Å². The van der Waals surface area contributed by atoms with Crippen LogP contribution >= 0.6 is 0 Å². The molecule has 0 bridgehead atoms. The van der Waals surface area contributed by atoms with E-state index in [2.05, 4.69) is 6.07 Å². The Bertz CT molecular complexity index is 372. The number of benzene rings is 1. The first-order valence-electron chi connectivity index (χ1n) is 5.24. The molecule has 15 heavy (non-hydrogen) atoms. The highest BCUT2D eigenvalue weighted by molar-refractivity contribution is 5.68. The molecule has 3 heteroatoms. The van der Waals surface area contributed by atoms with Crippen molar-refractivity contribution in [2.24, 2.45) is 5.73 Å². The standard InChI is InChI=1S/C12H15NO2/c13-11(7-12(14)15)10-4-2-1-3-9(10)8-5-6-8/h1-4,8,11H,5-7,13H2,(H,14,15)/t11-/m1/s1. The van der Waals surface area contributed by atoms with Crippen molar-refractivity contribution in [1.29, 1.82) is 0 Å². The van der Waals surface area contributed by atoms with Crippen LogP contribution in [0.25, 0.3) is 0 Å². The molecule has 0 radical (unpaired) electrons. The minimum absolute atomic E-state index is 0.00370. The molecule has 0 amide bonds. The van der Waals surface area contributed by atoms with Crippen LogP contribution in [0, 0.1) is 0 Å². The lowest BCUT2D eigenvalue weighted by Crippen LogP contribution is -2.16. The van der Waals surface area contributed by atoms with Gasteiger partial charge in [0.2, 0.25) is 0 Å². The van der Waals surface area contributed by atoms with Gasteiger partial charge in [-0.15, -0.1) is 0 Å². The molecule has 1 aliphatic rings. The monoisotopic (exact) mass is 205 g/mol. The summed E-state index contributed by atoms with van der Waals surface area (Å²) in [5.41, 5.74) is 8.13. The Morgan fingerprint density at radius 1 is 1.47 bits per heavy atom. The van der Waals surface area contributed by atoms with Crippen molar-refractivity contribution in [1.82, 2.24) is 0 Å². The molecule has 1 atom stereocenters. The molecule has 1 fully saturated rings. The van der Waals surface area contributed by atoms with E-state index in [0.29, 0.717) is 5.92 Å². The maximum atomic E-state index is 10.6. The molecule has 0 aliphatic heterocycles. The molecule has 0 saturated heterocycles. The number of carboxylic acid groups (broad SMARTS) is 1. The van der Waals surface area contributed by atoms with Crippen molar-refractivity contribution < 1.29 is 9.90 Å². The average Bonchev–Trinajstić information content (AvgIpc) is 3.00. The lowest BCUT2D eigenvalue weighted by Gasteiger charge is -2.14. The minimum Gasteiger partial charge on any atom is -0.481 e. The van der Waals surface area contributed by atoms with E-state index in [4.69, 9.17) is 10.8 Å². The molecule has 3 nitrogen and oxygen atoms in total. The molecular weight excluding hydrogens is 190 g/mol. The van der Waals surface area contributed by atoms with Crippen LogP contribution in [0.15, 0.2) is 24.3 Å². The number of aliphatic carboxylic acids is 1. The highest BCUT2D eigenvalue weighted by atomic mass is 16.4. The Kier molecular flexibility index (Phi) is 2.73. The molecule has 1 aromatic rings. The van der Waals surface area contributed by atoms with Crippen molar-refractivity contribution >= 4 is 5.97 Å². The van der Waals surface area contributed by atoms with Crippen LogP contribution in [0.1, 0.15) is 42.3 Å². The summed E-state index contributed by atoms with van der Waals surface area (Å²) in [5, 5.41) is 8.71. The molecular formula is C12H15NO2. The van der Waals surface area contributed by atoms with Crippen LogP contribution in [-0.4, -0.2) is 11.1 Å². The van der Waals surface area contributed by atoms with Gasteiger partial charge in [0, 0.05) is 6.04 Å². The average molecular weight is 205 g/mol. The van der Waals surface area contributed by atoms with Crippen molar-refractivity contribution in [2.75, 3.05) is 0 Å². The second-order valence-electron chi connectivity index (χ2n) is 4.11. The Balaban J connectivity index is 2.21. The maximum Gasteiger partial charge on any atom is 0.305 e. The van der Waals surface area contributed by atoms with Crippen LogP contribution < -0.4 is 5.73 Å². The van der Waals surface area contributed by atoms with Gasteiger partial charge < -0.3 is 10.8 Å². The predicted molar refractivity (Wildman–Crippen MR) is 57.6 cm³/mol. The third-order valence-corrected chi connectivity index (χ3v) is 2.81. The van der Waals surface area contributed by atoms with Crippen LogP contribution in [0.5, 0.6) is 0 Å². The van der Waals surface area contributed by atoms with Gasteiger partial charge in [0.05, 0.1) is 6.42 Å². The lowest BCUT2D eigenvalue weighted by atomic mass is 9.96. The second kappa shape index (κ2) is 4.03. The maximum absolute atomic E-state index is 10.6. The molecule has 0 spiro atoms. The van der Waals surface area contributed by atoms with E-state index in [1.165, 1.54) is 18.4 Å². The summed E-state index contributed by atoms with van der Waals surface area (Å²) in [6.07, 6.45) is 2.41. The highest BCUT2D eigenvalue weighted by Gasteiger charge is 2.27. The van der Waals surface area contributed by atoms with Gasteiger partial charge in [-0.05, 0) is 29.9 Å². The first kappa shape index (κ1) is 10.2. The van der Waals surface area contributed by atoms with Gasteiger partial charge in [-0.2, -0.15) is 0 Å². The van der Waals surface area contributed by atoms with Crippen LogP contribution in [0.4, 0.5) is 0 Å². The number of hydrogen-bond acceptors (Lipinski definition) is 2. The van der Waals surface area contributed by atoms with Crippen molar-refractivity contribution in [3.05, 3.63) is 35.4 Å². The first-order chi connectivity index (χ1) is 7.18. The Labute approximate surface area is 88.9 Å². The molecule has 0 aromatic heterocycles. The largest absolute Gasteiger partial charge is 0.481 e. The van der Waals surface area contributed by atoms with Gasteiger partial charge in [-0.1, -0.05) is 24.3 Å². The summed E-state index contributed by atoms with van der Waals surface area (Å²) in [6, 6.07) is 7.54. The van der Waals surface area contributed by atoms with Crippen LogP contribution in [0.2, 0.25) is 0 Å². The highest BCUT2D eigenvalue weighted by Crippen LogP contribution is 2.42. The Morgan fingerprint density at radius 3 is 2.73 bits per heavy atom. The van der Waals surface area contributed by atoms with Gasteiger partial charge in [0.25, 0.3) is 0 Å². The second-order valence-corrected chi connectivity index (χ2v) is 4.11. The summed E-state index contributed by atoms with van der Waals surface area (Å²) in [6.45, 7) is 0. The fraction of sp³-hybridized carbons (Fsp3) is 0.417. The van der Waals surface area contributed by atoms with Gasteiger partial charge in [0.15, 0.2) is 0 Å². The van der Waals surface area contributed by atoms with Crippen molar-refractivity contribution in [2.45, 2.75) is 31.2 Å². The van der Waals surface area contributed by atoms with Crippen LogP contribution in [-0.2, 0) is 4.79 Å². The number of nitrogens with two attached hydrogens (primary N) is 1. The number of carbonyl (C=O) groups is 1. The number of carboxylic acids is 1. The predicted octanol–water partition coefficient (Wildman–Crippen LogP) is 2.04. The van der Waals surface area contributed by atoms with E-state index in [-0.39, 0.29) is 12.5 Å². The Hall–Kier alpha value is -1.35. The fourth-order valence-electron chi connectivity index (χ4n) is 1.91. The van der Waals surface area contributed by atoms with E-state index in [0.717, 1.165) is 5.56 Å². The fourth-order valence-corrected chi connectivity index (χ4v) is 1.91. The summed E-state index contributed by atoms with van der Waals surface area (Å²) in [5.74, 6) is -0.228. The third kappa shape index (κ3) is 2.36. The summed E-state index contributed by atoms with van der Waals surface area (Å²) >= 11 is 0. The third-order valence-electron chi connectivity index (χ3n) is 2.81. The Morgan fingerprint density at radius 2 is 2.13 bits per heavy atom. The summed E-state index contributed by atoms with van der Waals surface area (Å²) in [7, 11) is 0. The zero-order valence-corrected chi connectivity index (χ0v) is 8.52. The molecule has 80 valence electrons. The SMILES string of the molecule is N[C@H](CC(=O)O)c1ccccc1C1CC1. The molecule has 1 saturated carbocycles. The topological polar surface area (TPSA) is 63.3 Å². The molecule has 0 heterocycles. The first-order valence-corrected chi connectivity index (χ1v) is 5.24.